The zero-order valence-corrected chi connectivity index (χ0v) is 24.3. The molecule has 0 saturated heterocycles. The van der Waals surface area contributed by atoms with Crippen molar-refractivity contribution in [2.75, 3.05) is 0 Å². The molecule has 0 bridgehead atoms. The number of benzene rings is 2. The van der Waals surface area contributed by atoms with E-state index >= 15 is 0 Å². The molecule has 2 aromatic carbocycles. The number of aromatic nitrogens is 6. The monoisotopic (exact) mass is 765 g/mol. The second-order valence-electron chi connectivity index (χ2n) is 8.18. The maximum atomic E-state index is 13.4. The normalized spacial score (nSPS) is 10.9. The Labute approximate surface area is 251 Å². The molecule has 6 aromatic rings. The Kier molecular flexibility index (Phi) is 7.70. The highest BCUT2D eigenvalue weighted by Crippen LogP contribution is 2.24. The molecule has 0 unspecified atom stereocenters. The minimum atomic E-state index is -1.16. The lowest BCUT2D eigenvalue weighted by atomic mass is 10.2. The van der Waals surface area contributed by atoms with Gasteiger partial charge in [-0.1, -0.05) is 0 Å². The zero-order valence-electron chi connectivity index (χ0n) is 20.0. The van der Waals surface area contributed by atoms with Gasteiger partial charge in [0.15, 0.2) is 23.0 Å². The molecular formula is C26H15F2I2N7O3. The number of carbonyl (C=O) groups is 2. The third-order valence-electron chi connectivity index (χ3n) is 5.57. The van der Waals surface area contributed by atoms with Gasteiger partial charge in [0.1, 0.15) is 11.6 Å². The first-order valence-electron chi connectivity index (χ1n) is 11.3. The highest BCUT2D eigenvalue weighted by molar-refractivity contribution is 14.1. The van der Waals surface area contributed by atoms with Gasteiger partial charge >= 0.3 is 5.97 Å². The number of carbonyl (C=O) groups excluding carboxylic acids is 1. The van der Waals surface area contributed by atoms with E-state index in [4.69, 9.17) is 5.73 Å². The first kappa shape index (κ1) is 27.5. The zero-order chi connectivity index (χ0) is 28.6. The Bertz CT molecular complexity index is 1800. The van der Waals surface area contributed by atoms with E-state index in [2.05, 4.69) is 65.3 Å². The van der Waals surface area contributed by atoms with Crippen LogP contribution in [0.1, 0.15) is 21.0 Å². The van der Waals surface area contributed by atoms with E-state index in [1.165, 1.54) is 45.8 Å². The Morgan fingerprint density at radius 2 is 1.18 bits per heavy atom. The van der Waals surface area contributed by atoms with Gasteiger partial charge in [-0.15, -0.1) is 0 Å². The van der Waals surface area contributed by atoms with Gasteiger partial charge in [0.05, 0.1) is 11.0 Å². The number of hydrogen-bond donors (Lipinski definition) is 2. The smallest absolute Gasteiger partial charge is 0.357 e. The fraction of sp³-hybridized carbons (Fsp3) is 0. The summed E-state index contributed by atoms with van der Waals surface area (Å²) in [7, 11) is 0. The molecule has 0 aliphatic carbocycles. The molecule has 4 aromatic heterocycles. The molecule has 14 heteroatoms. The predicted octanol–water partition coefficient (Wildman–Crippen LogP) is 5.13. The van der Waals surface area contributed by atoms with Crippen molar-refractivity contribution in [2.24, 2.45) is 5.73 Å². The van der Waals surface area contributed by atoms with Crippen LogP contribution >= 0.6 is 45.2 Å². The summed E-state index contributed by atoms with van der Waals surface area (Å²) in [6, 6.07) is 15.1. The number of nitrogens with two attached hydrogens (primary N) is 1. The summed E-state index contributed by atoms with van der Waals surface area (Å²) in [4.78, 5) is 31.0. The van der Waals surface area contributed by atoms with Gasteiger partial charge in [-0.25, -0.2) is 32.9 Å². The molecule has 0 spiro atoms. The lowest BCUT2D eigenvalue weighted by molar-refractivity contribution is 0.0691. The van der Waals surface area contributed by atoms with Crippen molar-refractivity contribution in [3.8, 4) is 11.6 Å². The third-order valence-corrected chi connectivity index (χ3v) is 6.91. The van der Waals surface area contributed by atoms with E-state index in [1.807, 2.05) is 6.07 Å². The van der Waals surface area contributed by atoms with Crippen molar-refractivity contribution in [1.82, 2.24) is 29.5 Å². The minimum absolute atomic E-state index is 0.0978. The Hall–Kier alpha value is -4.06. The molecule has 3 N–H and O–H groups in total. The molecule has 40 heavy (non-hydrogen) atoms. The van der Waals surface area contributed by atoms with Crippen molar-refractivity contribution in [1.29, 1.82) is 0 Å². The summed E-state index contributed by atoms with van der Waals surface area (Å²) in [6.45, 7) is 0. The quantitative estimate of drug-likeness (QED) is 0.237. The van der Waals surface area contributed by atoms with E-state index in [-0.39, 0.29) is 11.4 Å². The molecule has 0 radical (unpaired) electrons. The average molecular weight is 765 g/mol. The van der Waals surface area contributed by atoms with Crippen LogP contribution in [0.15, 0.2) is 73.1 Å². The summed E-state index contributed by atoms with van der Waals surface area (Å²) in [5.41, 5.74) is 6.11. The fourth-order valence-corrected chi connectivity index (χ4v) is 4.76. The van der Waals surface area contributed by atoms with E-state index in [0.717, 1.165) is 7.14 Å². The highest BCUT2D eigenvalue weighted by Gasteiger charge is 2.19. The SMILES string of the molecule is NC(=O)c1nn(-c2cc(I)ccn2)c2cc(F)ccc12.O=C(O)c1nn(-c2cc(I)ccn2)c2cc(F)ccc12. The number of halogens is 4. The number of amides is 1. The summed E-state index contributed by atoms with van der Waals surface area (Å²) in [5.74, 6) is -1.75. The van der Waals surface area contributed by atoms with Crippen LogP contribution in [0.5, 0.6) is 0 Å². The molecule has 1 amide bonds. The van der Waals surface area contributed by atoms with Crippen LogP contribution < -0.4 is 5.73 Å². The van der Waals surface area contributed by atoms with Crippen molar-refractivity contribution in [2.45, 2.75) is 0 Å². The van der Waals surface area contributed by atoms with Crippen LogP contribution in [0.2, 0.25) is 0 Å². The molecule has 6 rings (SSSR count). The van der Waals surface area contributed by atoms with Crippen LogP contribution in [0.4, 0.5) is 8.78 Å². The lowest BCUT2D eigenvalue weighted by Gasteiger charge is -2.02. The van der Waals surface area contributed by atoms with Crippen LogP contribution in [0.3, 0.4) is 0 Å². The summed E-state index contributed by atoms with van der Waals surface area (Å²) >= 11 is 4.25. The van der Waals surface area contributed by atoms with Crippen LogP contribution in [0.25, 0.3) is 33.4 Å². The number of nitrogens with zero attached hydrogens (tertiary/aromatic N) is 6. The average Bonchev–Trinajstić information content (AvgIpc) is 3.48. The molecule has 0 saturated carbocycles. The maximum absolute atomic E-state index is 13.4. The van der Waals surface area contributed by atoms with Crippen LogP contribution in [-0.4, -0.2) is 46.5 Å². The maximum Gasteiger partial charge on any atom is 0.357 e. The van der Waals surface area contributed by atoms with E-state index in [0.29, 0.717) is 33.4 Å². The van der Waals surface area contributed by atoms with Crippen molar-refractivity contribution in [3.05, 3.63) is 103 Å². The minimum Gasteiger partial charge on any atom is -0.476 e. The molecule has 10 nitrogen and oxygen atoms in total. The number of fused-ring (bicyclic) bond motifs is 2. The molecule has 0 fully saturated rings. The Morgan fingerprint density at radius 3 is 1.60 bits per heavy atom. The number of aromatic carboxylic acids is 1. The van der Waals surface area contributed by atoms with Gasteiger partial charge in [-0.3, -0.25) is 4.79 Å². The summed E-state index contributed by atoms with van der Waals surface area (Å²) in [5, 5.41) is 18.2. The summed E-state index contributed by atoms with van der Waals surface area (Å²) in [6.07, 6.45) is 3.21. The molecule has 0 aliphatic heterocycles. The Morgan fingerprint density at radius 1 is 0.725 bits per heavy atom. The third kappa shape index (κ3) is 5.48. The predicted molar refractivity (Wildman–Crippen MR) is 159 cm³/mol. The lowest BCUT2D eigenvalue weighted by Crippen LogP contribution is -2.12. The first-order chi connectivity index (χ1) is 19.1. The van der Waals surface area contributed by atoms with Gasteiger partial charge in [-0.2, -0.15) is 10.2 Å². The first-order valence-corrected chi connectivity index (χ1v) is 13.4. The topological polar surface area (TPSA) is 142 Å². The molecule has 4 heterocycles. The molecule has 0 aliphatic rings. The van der Waals surface area contributed by atoms with Gasteiger partial charge in [0.2, 0.25) is 0 Å². The highest BCUT2D eigenvalue weighted by atomic mass is 127. The number of hydrogen-bond acceptors (Lipinski definition) is 6. The number of carboxylic acid groups (broad SMARTS) is 1. The fourth-order valence-electron chi connectivity index (χ4n) is 3.88. The van der Waals surface area contributed by atoms with E-state index in [9.17, 15) is 23.5 Å². The largest absolute Gasteiger partial charge is 0.476 e. The Balaban J connectivity index is 0.000000161. The van der Waals surface area contributed by atoms with Gasteiger partial charge in [-0.05, 0) is 93.7 Å². The molecular weight excluding hydrogens is 750 g/mol. The van der Waals surface area contributed by atoms with Crippen LogP contribution in [-0.2, 0) is 0 Å². The second-order valence-corrected chi connectivity index (χ2v) is 10.7. The number of primary amides is 1. The van der Waals surface area contributed by atoms with Crippen molar-refractivity contribution >= 4 is 78.9 Å². The number of carboxylic acids is 1. The molecule has 200 valence electrons. The van der Waals surface area contributed by atoms with Crippen LogP contribution in [0, 0.1) is 18.8 Å². The van der Waals surface area contributed by atoms with Crippen molar-refractivity contribution in [3.63, 3.8) is 0 Å². The number of rotatable bonds is 4. The van der Waals surface area contributed by atoms with Crippen molar-refractivity contribution < 1.29 is 23.5 Å². The van der Waals surface area contributed by atoms with Gasteiger partial charge in [0, 0.05) is 42.4 Å². The summed E-state index contributed by atoms with van der Waals surface area (Å²) < 4.78 is 31.5. The standard InChI is InChI=1S/C13H8FIN4O.C13H7FIN3O2/c14-7-1-2-9-10(5-7)19(18-12(9)13(16)20)11-6-8(15)3-4-17-11;14-7-1-2-9-10(5-7)18(17-12(9)13(19)20)11-6-8(15)3-4-16-11/h1-6H,(H2,16,20);1-6H,(H,19,20). The van der Waals surface area contributed by atoms with E-state index in [1.54, 1.807) is 30.6 Å². The number of pyridine rings is 2. The molecule has 0 atom stereocenters. The van der Waals surface area contributed by atoms with Gasteiger partial charge in [0.25, 0.3) is 5.91 Å². The van der Waals surface area contributed by atoms with Gasteiger partial charge < -0.3 is 10.8 Å². The van der Waals surface area contributed by atoms with E-state index < -0.39 is 23.5 Å². The second kappa shape index (κ2) is 11.2.